The molecular formula is C20H19N3O3. The van der Waals surface area contributed by atoms with Crippen molar-refractivity contribution in [3.8, 4) is 17.6 Å². The van der Waals surface area contributed by atoms with Gasteiger partial charge in [0.1, 0.15) is 11.6 Å². The minimum atomic E-state index is -0.445. The zero-order chi connectivity index (χ0) is 18.5. The summed E-state index contributed by atoms with van der Waals surface area (Å²) >= 11 is 0. The highest BCUT2D eigenvalue weighted by atomic mass is 16.7. The number of anilines is 1. The van der Waals surface area contributed by atoms with Gasteiger partial charge in [-0.05, 0) is 48.7 Å². The van der Waals surface area contributed by atoms with Crippen LogP contribution in [0.5, 0.6) is 11.5 Å². The summed E-state index contributed by atoms with van der Waals surface area (Å²) in [5.74, 6) is 0.968. The lowest BCUT2D eigenvalue weighted by Gasteiger charge is -2.10. The van der Waals surface area contributed by atoms with Gasteiger partial charge in [-0.25, -0.2) is 0 Å². The fraction of sp³-hybridized carbons (Fsp3) is 0.200. The van der Waals surface area contributed by atoms with E-state index in [0.29, 0.717) is 18.0 Å². The molecule has 2 aromatic rings. The molecule has 0 unspecified atom stereocenters. The fourth-order valence-electron chi connectivity index (χ4n) is 2.55. The number of fused-ring (bicyclic) bond motifs is 1. The van der Waals surface area contributed by atoms with Crippen LogP contribution in [0, 0.1) is 25.2 Å². The molecule has 0 bridgehead atoms. The topological polar surface area (TPSA) is 83.4 Å². The third-order valence-corrected chi connectivity index (χ3v) is 4.21. The lowest BCUT2D eigenvalue weighted by Crippen LogP contribution is -2.17. The van der Waals surface area contributed by atoms with E-state index in [1.54, 1.807) is 0 Å². The van der Waals surface area contributed by atoms with Crippen LogP contribution in [0.15, 0.2) is 48.2 Å². The molecule has 0 saturated heterocycles. The quantitative estimate of drug-likeness (QED) is 0.640. The Balaban J connectivity index is 1.63. The van der Waals surface area contributed by atoms with E-state index >= 15 is 0 Å². The molecule has 6 heteroatoms. The van der Waals surface area contributed by atoms with Gasteiger partial charge in [-0.1, -0.05) is 18.2 Å². The molecule has 26 heavy (non-hydrogen) atoms. The Morgan fingerprint density at radius 1 is 1.23 bits per heavy atom. The Labute approximate surface area is 152 Å². The number of carbonyl (C=O) groups is 1. The third kappa shape index (κ3) is 3.78. The van der Waals surface area contributed by atoms with Gasteiger partial charge in [0.2, 0.25) is 6.79 Å². The summed E-state index contributed by atoms with van der Waals surface area (Å²) in [6, 6.07) is 13.2. The van der Waals surface area contributed by atoms with Gasteiger partial charge in [0.05, 0.1) is 0 Å². The van der Waals surface area contributed by atoms with Crippen LogP contribution in [0.2, 0.25) is 0 Å². The zero-order valence-corrected chi connectivity index (χ0v) is 14.6. The molecule has 1 aliphatic heterocycles. The van der Waals surface area contributed by atoms with Gasteiger partial charge < -0.3 is 20.1 Å². The Morgan fingerprint density at radius 2 is 2.04 bits per heavy atom. The van der Waals surface area contributed by atoms with Crippen molar-refractivity contribution in [3.05, 3.63) is 64.9 Å². The van der Waals surface area contributed by atoms with Crippen LogP contribution in [-0.4, -0.2) is 12.7 Å². The van der Waals surface area contributed by atoms with Crippen molar-refractivity contribution in [2.24, 2.45) is 0 Å². The van der Waals surface area contributed by atoms with E-state index in [0.717, 1.165) is 22.4 Å². The summed E-state index contributed by atoms with van der Waals surface area (Å²) < 4.78 is 10.6. The number of hydrogen-bond acceptors (Lipinski definition) is 5. The number of amides is 1. The zero-order valence-electron chi connectivity index (χ0n) is 14.6. The molecule has 0 aliphatic carbocycles. The predicted molar refractivity (Wildman–Crippen MR) is 97.6 cm³/mol. The van der Waals surface area contributed by atoms with Gasteiger partial charge in [0.25, 0.3) is 5.91 Å². The van der Waals surface area contributed by atoms with Crippen molar-refractivity contribution in [1.29, 1.82) is 5.26 Å². The van der Waals surface area contributed by atoms with Crippen LogP contribution in [0.4, 0.5) is 5.69 Å². The second-order valence-electron chi connectivity index (χ2n) is 5.94. The number of aryl methyl sites for hydroxylation is 1. The van der Waals surface area contributed by atoms with Crippen molar-refractivity contribution >= 4 is 11.6 Å². The number of nitrogens with zero attached hydrogens (tertiary/aromatic N) is 1. The monoisotopic (exact) mass is 349 g/mol. The summed E-state index contributed by atoms with van der Waals surface area (Å²) in [6.45, 7) is 4.58. The lowest BCUT2D eigenvalue weighted by molar-refractivity contribution is -0.112. The van der Waals surface area contributed by atoms with E-state index in [-0.39, 0.29) is 12.4 Å². The van der Waals surface area contributed by atoms with Crippen molar-refractivity contribution in [2.75, 3.05) is 12.1 Å². The predicted octanol–water partition coefficient (Wildman–Crippen LogP) is 3.17. The second-order valence-corrected chi connectivity index (χ2v) is 5.94. The van der Waals surface area contributed by atoms with Crippen LogP contribution < -0.4 is 20.1 Å². The molecule has 0 atom stereocenters. The van der Waals surface area contributed by atoms with Crippen molar-refractivity contribution < 1.29 is 14.3 Å². The van der Waals surface area contributed by atoms with Crippen LogP contribution in [0.1, 0.15) is 16.7 Å². The summed E-state index contributed by atoms with van der Waals surface area (Å²) in [5.41, 5.74) is 3.72. The Bertz CT molecular complexity index is 913. The van der Waals surface area contributed by atoms with Crippen molar-refractivity contribution in [3.63, 3.8) is 0 Å². The Kier molecular flexibility index (Phi) is 5.09. The molecule has 6 nitrogen and oxygen atoms in total. The van der Waals surface area contributed by atoms with E-state index in [1.807, 2.05) is 56.3 Å². The number of nitrogens with one attached hydrogen (secondary N) is 2. The molecule has 1 amide bonds. The fourth-order valence-corrected chi connectivity index (χ4v) is 2.55. The largest absolute Gasteiger partial charge is 0.454 e. The third-order valence-electron chi connectivity index (χ3n) is 4.21. The van der Waals surface area contributed by atoms with Crippen LogP contribution >= 0.6 is 0 Å². The molecular weight excluding hydrogens is 330 g/mol. The highest BCUT2D eigenvalue weighted by Crippen LogP contribution is 2.32. The molecule has 2 N–H and O–H groups in total. The van der Waals surface area contributed by atoms with Gasteiger partial charge in [-0.2, -0.15) is 5.26 Å². The summed E-state index contributed by atoms with van der Waals surface area (Å²) in [6.07, 6.45) is 1.42. The SMILES string of the molecule is Cc1cccc(NC(=O)/C(C#N)=C\NCc2ccc3c(c2)OCO3)c1C. The first-order valence-electron chi connectivity index (χ1n) is 8.18. The number of nitriles is 1. The van der Waals surface area contributed by atoms with Gasteiger partial charge in [0.15, 0.2) is 11.5 Å². The average Bonchev–Trinajstić information content (AvgIpc) is 3.10. The van der Waals surface area contributed by atoms with Gasteiger partial charge in [-0.15, -0.1) is 0 Å². The molecule has 0 radical (unpaired) electrons. The smallest absolute Gasteiger partial charge is 0.267 e. The van der Waals surface area contributed by atoms with Crippen LogP contribution in [0.25, 0.3) is 0 Å². The van der Waals surface area contributed by atoms with Gasteiger partial charge in [-0.3, -0.25) is 4.79 Å². The number of carbonyl (C=O) groups excluding carboxylic acids is 1. The maximum absolute atomic E-state index is 12.3. The second kappa shape index (κ2) is 7.62. The molecule has 0 aromatic heterocycles. The first-order valence-corrected chi connectivity index (χ1v) is 8.18. The standard InChI is InChI=1S/C20H19N3O3/c1-13-4-3-5-17(14(13)2)23-20(24)16(9-21)11-22-10-15-6-7-18-19(8-15)26-12-25-18/h3-8,11,22H,10,12H2,1-2H3,(H,23,24)/b16-11-. The number of hydrogen-bond donors (Lipinski definition) is 2. The molecule has 132 valence electrons. The van der Waals surface area contributed by atoms with E-state index in [2.05, 4.69) is 10.6 Å². The lowest BCUT2D eigenvalue weighted by atomic mass is 10.1. The molecule has 0 spiro atoms. The van der Waals surface area contributed by atoms with Crippen molar-refractivity contribution in [1.82, 2.24) is 5.32 Å². The molecule has 3 rings (SSSR count). The first kappa shape index (κ1) is 17.4. The highest BCUT2D eigenvalue weighted by Gasteiger charge is 2.13. The summed E-state index contributed by atoms with van der Waals surface area (Å²) in [4.78, 5) is 12.3. The number of rotatable bonds is 5. The minimum absolute atomic E-state index is 0.00616. The molecule has 1 aliphatic rings. The Morgan fingerprint density at radius 3 is 2.85 bits per heavy atom. The van der Waals surface area contributed by atoms with Crippen LogP contribution in [0.3, 0.4) is 0 Å². The summed E-state index contributed by atoms with van der Waals surface area (Å²) in [7, 11) is 0. The van der Waals surface area contributed by atoms with E-state index in [4.69, 9.17) is 9.47 Å². The number of ether oxygens (including phenoxy) is 2. The average molecular weight is 349 g/mol. The molecule has 2 aromatic carbocycles. The Hall–Kier alpha value is -3.46. The minimum Gasteiger partial charge on any atom is -0.454 e. The van der Waals surface area contributed by atoms with Crippen LogP contribution in [-0.2, 0) is 11.3 Å². The van der Waals surface area contributed by atoms with Gasteiger partial charge >= 0.3 is 0 Å². The first-order chi connectivity index (χ1) is 12.6. The van der Waals surface area contributed by atoms with E-state index < -0.39 is 5.91 Å². The maximum atomic E-state index is 12.3. The van der Waals surface area contributed by atoms with E-state index in [1.165, 1.54) is 6.20 Å². The maximum Gasteiger partial charge on any atom is 0.267 e. The van der Waals surface area contributed by atoms with Gasteiger partial charge in [0, 0.05) is 18.4 Å². The molecule has 1 heterocycles. The number of benzene rings is 2. The van der Waals surface area contributed by atoms with E-state index in [9.17, 15) is 10.1 Å². The molecule has 0 saturated carbocycles. The highest BCUT2D eigenvalue weighted by molar-refractivity contribution is 6.06. The summed E-state index contributed by atoms with van der Waals surface area (Å²) in [5, 5.41) is 15.0. The normalized spacial score (nSPS) is 12.4. The molecule has 0 fully saturated rings. The van der Waals surface area contributed by atoms with Crippen molar-refractivity contribution in [2.45, 2.75) is 20.4 Å².